The van der Waals surface area contributed by atoms with E-state index in [1.165, 1.54) is 5.57 Å². The van der Waals surface area contributed by atoms with Gasteiger partial charge in [-0.05, 0) is 49.4 Å². The van der Waals surface area contributed by atoms with Gasteiger partial charge in [0.05, 0.1) is 12.7 Å². The highest BCUT2D eigenvalue weighted by Gasteiger charge is 2.57. The molecule has 0 radical (unpaired) electrons. The molecule has 2 saturated carbocycles. The average molecular weight is 268 g/mol. The lowest BCUT2D eigenvalue weighted by molar-refractivity contribution is -0.153. The second-order valence-corrected chi connectivity index (χ2v) is 7.04. The van der Waals surface area contributed by atoms with Gasteiger partial charge in [0.15, 0.2) is 0 Å². The lowest BCUT2D eigenvalue weighted by Gasteiger charge is -2.59. The fourth-order valence-electron chi connectivity index (χ4n) is 4.86. The zero-order valence-corrected chi connectivity index (χ0v) is 12.2. The second kappa shape index (κ2) is 5.19. The van der Waals surface area contributed by atoms with Crippen molar-refractivity contribution in [2.45, 2.75) is 52.1 Å². The number of aliphatic hydroxyl groups is 3. The third kappa shape index (κ3) is 2.16. The molecule has 19 heavy (non-hydrogen) atoms. The number of hydrogen-bond donors (Lipinski definition) is 3. The molecular formula is C16H28O3. The van der Waals surface area contributed by atoms with Gasteiger partial charge in [0.2, 0.25) is 0 Å². The van der Waals surface area contributed by atoms with Crippen molar-refractivity contribution >= 4 is 0 Å². The normalized spacial score (nSPS) is 47.0. The first kappa shape index (κ1) is 15.0. The Balaban J connectivity index is 2.37. The van der Waals surface area contributed by atoms with Crippen LogP contribution in [0.25, 0.3) is 0 Å². The van der Waals surface area contributed by atoms with Crippen molar-refractivity contribution in [3.8, 4) is 0 Å². The SMILES string of the molecule is C=C1CC[C@@H]2[C@](C)(CC[C@H](O)[C@]2(C)CO)[C@H]1CCO. The summed E-state index contributed by atoms with van der Waals surface area (Å²) < 4.78 is 0. The Morgan fingerprint density at radius 1 is 1.26 bits per heavy atom. The monoisotopic (exact) mass is 268 g/mol. The van der Waals surface area contributed by atoms with Crippen molar-refractivity contribution in [1.29, 1.82) is 0 Å². The van der Waals surface area contributed by atoms with Gasteiger partial charge in [-0.1, -0.05) is 26.0 Å². The van der Waals surface area contributed by atoms with Crippen LogP contribution in [-0.2, 0) is 0 Å². The van der Waals surface area contributed by atoms with Crippen molar-refractivity contribution in [2.75, 3.05) is 13.2 Å². The number of rotatable bonds is 3. The Morgan fingerprint density at radius 3 is 2.53 bits per heavy atom. The lowest BCUT2D eigenvalue weighted by atomic mass is 9.46. The summed E-state index contributed by atoms with van der Waals surface area (Å²) in [6.45, 7) is 8.71. The van der Waals surface area contributed by atoms with E-state index in [0.717, 1.165) is 32.1 Å². The molecule has 2 rings (SSSR count). The fraction of sp³-hybridized carbons (Fsp3) is 0.875. The smallest absolute Gasteiger partial charge is 0.0618 e. The minimum Gasteiger partial charge on any atom is -0.396 e. The number of aliphatic hydroxyl groups excluding tert-OH is 3. The Kier molecular flexibility index (Phi) is 4.10. The van der Waals surface area contributed by atoms with Crippen molar-refractivity contribution in [2.24, 2.45) is 22.7 Å². The fourth-order valence-corrected chi connectivity index (χ4v) is 4.86. The summed E-state index contributed by atoms with van der Waals surface area (Å²) in [4.78, 5) is 0. The molecule has 3 heteroatoms. The van der Waals surface area contributed by atoms with Gasteiger partial charge in [0.1, 0.15) is 0 Å². The van der Waals surface area contributed by atoms with Crippen LogP contribution in [0.2, 0.25) is 0 Å². The van der Waals surface area contributed by atoms with Crippen LogP contribution in [0.4, 0.5) is 0 Å². The molecule has 0 amide bonds. The molecule has 0 aliphatic heterocycles. The molecule has 0 spiro atoms. The van der Waals surface area contributed by atoms with Gasteiger partial charge in [-0.25, -0.2) is 0 Å². The van der Waals surface area contributed by atoms with Crippen molar-refractivity contribution in [3.63, 3.8) is 0 Å². The number of fused-ring (bicyclic) bond motifs is 1. The second-order valence-electron chi connectivity index (χ2n) is 7.04. The minimum absolute atomic E-state index is 0.0345. The molecule has 5 atom stereocenters. The lowest BCUT2D eigenvalue weighted by Crippen LogP contribution is -2.57. The zero-order valence-electron chi connectivity index (χ0n) is 12.2. The van der Waals surface area contributed by atoms with Crippen LogP contribution >= 0.6 is 0 Å². The van der Waals surface area contributed by atoms with Crippen LogP contribution < -0.4 is 0 Å². The van der Waals surface area contributed by atoms with E-state index in [2.05, 4.69) is 13.5 Å². The summed E-state index contributed by atoms with van der Waals surface area (Å²) in [6, 6.07) is 0. The van der Waals surface area contributed by atoms with Crippen LogP contribution in [0.5, 0.6) is 0 Å². The molecule has 3 nitrogen and oxygen atoms in total. The number of hydrogen-bond acceptors (Lipinski definition) is 3. The topological polar surface area (TPSA) is 60.7 Å². The van der Waals surface area contributed by atoms with Gasteiger partial charge in [-0.2, -0.15) is 0 Å². The standard InChI is InChI=1S/C16H28O3/c1-11-4-5-13-15(2,12(11)7-9-17)8-6-14(19)16(13,3)10-18/h12-14,17-19H,1,4-10H2,2-3H3/t12-,13+,14-,15+,16+/m0/s1. The third-order valence-electron chi connectivity index (χ3n) is 6.11. The van der Waals surface area contributed by atoms with Gasteiger partial charge in [-0.15, -0.1) is 0 Å². The van der Waals surface area contributed by atoms with E-state index in [1.54, 1.807) is 0 Å². The summed E-state index contributed by atoms with van der Waals surface area (Å²) >= 11 is 0. The third-order valence-corrected chi connectivity index (χ3v) is 6.11. The molecule has 0 aromatic heterocycles. The molecule has 0 unspecified atom stereocenters. The molecule has 3 N–H and O–H groups in total. The molecule has 0 aromatic carbocycles. The van der Waals surface area contributed by atoms with Gasteiger partial charge in [0.25, 0.3) is 0 Å². The largest absolute Gasteiger partial charge is 0.396 e. The van der Waals surface area contributed by atoms with Crippen LogP contribution in [0.3, 0.4) is 0 Å². The Morgan fingerprint density at radius 2 is 1.95 bits per heavy atom. The quantitative estimate of drug-likeness (QED) is 0.687. The molecule has 2 aliphatic carbocycles. The zero-order chi connectivity index (χ0) is 14.3. The Labute approximate surface area is 116 Å². The molecular weight excluding hydrogens is 240 g/mol. The summed E-state index contributed by atoms with van der Waals surface area (Å²) in [5.74, 6) is 0.616. The maximum Gasteiger partial charge on any atom is 0.0618 e. The molecule has 0 saturated heterocycles. The van der Waals surface area contributed by atoms with Gasteiger partial charge < -0.3 is 15.3 Å². The molecule has 110 valence electrons. The van der Waals surface area contributed by atoms with E-state index in [4.69, 9.17) is 0 Å². The van der Waals surface area contributed by atoms with Gasteiger partial charge in [-0.3, -0.25) is 0 Å². The molecule has 2 aliphatic rings. The highest BCUT2D eigenvalue weighted by Crippen LogP contribution is 2.61. The maximum absolute atomic E-state index is 10.3. The van der Waals surface area contributed by atoms with E-state index in [-0.39, 0.29) is 18.6 Å². The first-order chi connectivity index (χ1) is 8.90. The summed E-state index contributed by atoms with van der Waals surface area (Å²) in [5.41, 5.74) is 0.875. The number of allylic oxidation sites excluding steroid dienone is 1. The molecule has 0 aromatic rings. The molecule has 0 bridgehead atoms. The molecule has 2 fully saturated rings. The first-order valence-electron chi connectivity index (χ1n) is 7.47. The Hall–Kier alpha value is -0.380. The van der Waals surface area contributed by atoms with Crippen molar-refractivity contribution in [3.05, 3.63) is 12.2 Å². The molecule has 0 heterocycles. The van der Waals surface area contributed by atoms with Crippen LogP contribution in [0.1, 0.15) is 46.0 Å². The predicted molar refractivity (Wildman–Crippen MR) is 75.6 cm³/mol. The first-order valence-corrected chi connectivity index (χ1v) is 7.47. The minimum atomic E-state index is -0.420. The summed E-state index contributed by atoms with van der Waals surface area (Å²) in [6.07, 6.45) is 3.97. The van der Waals surface area contributed by atoms with Crippen LogP contribution in [0.15, 0.2) is 12.2 Å². The van der Waals surface area contributed by atoms with E-state index >= 15 is 0 Å². The van der Waals surface area contributed by atoms with E-state index in [9.17, 15) is 15.3 Å². The van der Waals surface area contributed by atoms with E-state index < -0.39 is 11.5 Å². The highest BCUT2D eigenvalue weighted by molar-refractivity contribution is 5.17. The summed E-state index contributed by atoms with van der Waals surface area (Å²) in [5, 5.41) is 29.5. The van der Waals surface area contributed by atoms with Crippen LogP contribution in [0, 0.1) is 22.7 Å². The van der Waals surface area contributed by atoms with Crippen LogP contribution in [-0.4, -0.2) is 34.6 Å². The Bertz CT molecular complexity index is 354. The van der Waals surface area contributed by atoms with Gasteiger partial charge >= 0.3 is 0 Å². The average Bonchev–Trinajstić information content (AvgIpc) is 2.39. The van der Waals surface area contributed by atoms with Gasteiger partial charge in [0, 0.05) is 12.0 Å². The summed E-state index contributed by atoms with van der Waals surface area (Å²) in [7, 11) is 0. The van der Waals surface area contributed by atoms with E-state index in [1.807, 2.05) is 6.92 Å². The van der Waals surface area contributed by atoms with Crippen molar-refractivity contribution < 1.29 is 15.3 Å². The van der Waals surface area contributed by atoms with E-state index in [0.29, 0.717) is 11.8 Å². The maximum atomic E-state index is 10.3. The predicted octanol–water partition coefficient (Wildman–Crippen LogP) is 2.11. The highest BCUT2D eigenvalue weighted by atomic mass is 16.3. The van der Waals surface area contributed by atoms with Crippen molar-refractivity contribution in [1.82, 2.24) is 0 Å².